The average Bonchev–Trinajstić information content (AvgIpc) is 2.30. The van der Waals surface area contributed by atoms with Gasteiger partial charge in [-0.3, -0.25) is 0 Å². The van der Waals surface area contributed by atoms with Crippen LogP contribution in [0.2, 0.25) is 0 Å². The topological polar surface area (TPSA) is 76.0 Å². The molecule has 0 radical (unpaired) electrons. The van der Waals surface area contributed by atoms with Gasteiger partial charge in [-0.05, 0) is 0 Å². The summed E-state index contributed by atoms with van der Waals surface area (Å²) in [4.78, 5) is 25.2. The Labute approximate surface area is 81.1 Å². The van der Waals surface area contributed by atoms with Crippen molar-refractivity contribution in [2.75, 3.05) is 0 Å². The number of aliphatic carboxylic acids is 1. The van der Waals surface area contributed by atoms with E-state index in [-0.39, 0.29) is 11.6 Å². The maximum Gasteiger partial charge on any atom is 0.363 e. The predicted octanol–water partition coefficient (Wildman–Crippen LogP) is 0.956. The molecule has 0 saturated heterocycles. The van der Waals surface area contributed by atoms with Crippen LogP contribution in [0.1, 0.15) is 20.8 Å². The van der Waals surface area contributed by atoms with Crippen molar-refractivity contribution in [3.05, 3.63) is 11.8 Å². The molecule has 5 heteroatoms. The Morgan fingerprint density at radius 1 is 1.50 bits per heavy atom. The average molecular weight is 197 g/mol. The molecule has 0 fully saturated rings. The van der Waals surface area contributed by atoms with Gasteiger partial charge in [0.1, 0.15) is 0 Å². The molecule has 0 unspecified atom stereocenters. The van der Waals surface area contributed by atoms with E-state index >= 15 is 0 Å². The zero-order valence-electron chi connectivity index (χ0n) is 8.20. The largest absolute Gasteiger partial charge is 0.478 e. The third-order valence-electron chi connectivity index (χ3n) is 1.52. The van der Waals surface area contributed by atoms with Crippen LogP contribution in [0.15, 0.2) is 16.8 Å². The number of rotatable bonds is 1. The van der Waals surface area contributed by atoms with Gasteiger partial charge in [-0.2, -0.15) is 0 Å². The molecule has 1 aliphatic rings. The van der Waals surface area contributed by atoms with Gasteiger partial charge in [-0.15, -0.1) is 0 Å². The molecule has 1 N–H and O–H groups in total. The van der Waals surface area contributed by atoms with Crippen molar-refractivity contribution in [2.24, 2.45) is 10.4 Å². The number of aliphatic imine (C=N–C) groups is 1. The first-order chi connectivity index (χ1) is 6.30. The Kier molecular flexibility index (Phi) is 2.42. The molecule has 0 spiro atoms. The molecule has 0 saturated carbocycles. The van der Waals surface area contributed by atoms with Gasteiger partial charge < -0.3 is 9.84 Å². The van der Waals surface area contributed by atoms with Crippen LogP contribution in [-0.2, 0) is 14.3 Å². The van der Waals surface area contributed by atoms with Crippen LogP contribution in [-0.4, -0.2) is 22.9 Å². The lowest BCUT2D eigenvalue weighted by Gasteiger charge is -2.15. The Morgan fingerprint density at radius 2 is 2.07 bits per heavy atom. The number of carbonyl (C=O) groups is 2. The molecule has 0 aromatic heterocycles. The van der Waals surface area contributed by atoms with E-state index in [9.17, 15) is 9.59 Å². The fraction of sp³-hybridized carbons (Fsp3) is 0.444. The molecule has 0 bridgehead atoms. The second-order valence-corrected chi connectivity index (χ2v) is 3.92. The number of carboxylic acid groups (broad SMARTS) is 1. The standard InChI is InChI=1S/C9H11NO4/c1-9(2,3)8-10-5(4-6(11)12)7(13)14-8/h4H,1-3H3,(H,11,12)/b5-4+. The Morgan fingerprint density at radius 3 is 2.43 bits per heavy atom. The summed E-state index contributed by atoms with van der Waals surface area (Å²) in [6, 6.07) is 0. The number of nitrogens with zero attached hydrogens (tertiary/aromatic N) is 1. The smallest absolute Gasteiger partial charge is 0.363 e. The molecule has 0 aromatic rings. The quantitative estimate of drug-likeness (QED) is 0.501. The van der Waals surface area contributed by atoms with E-state index in [1.165, 1.54) is 0 Å². The zero-order valence-corrected chi connectivity index (χ0v) is 8.20. The third-order valence-corrected chi connectivity index (χ3v) is 1.52. The molecule has 76 valence electrons. The number of hydrogen-bond donors (Lipinski definition) is 1. The maximum atomic E-state index is 11.1. The van der Waals surface area contributed by atoms with Crippen LogP contribution in [0.25, 0.3) is 0 Å². The monoisotopic (exact) mass is 197 g/mol. The Balaban J connectivity index is 2.99. The number of carboxylic acids is 1. The van der Waals surface area contributed by atoms with Gasteiger partial charge in [-0.25, -0.2) is 14.6 Å². The van der Waals surface area contributed by atoms with E-state index in [2.05, 4.69) is 4.99 Å². The summed E-state index contributed by atoms with van der Waals surface area (Å²) >= 11 is 0. The van der Waals surface area contributed by atoms with Gasteiger partial charge in [0.15, 0.2) is 5.70 Å². The molecule has 0 aromatic carbocycles. The summed E-state index contributed by atoms with van der Waals surface area (Å²) in [6.07, 6.45) is 0.737. The number of carbonyl (C=O) groups excluding carboxylic acids is 1. The van der Waals surface area contributed by atoms with Crippen LogP contribution in [0.5, 0.6) is 0 Å². The van der Waals surface area contributed by atoms with Crippen molar-refractivity contribution in [1.82, 2.24) is 0 Å². The van der Waals surface area contributed by atoms with Crippen molar-refractivity contribution in [2.45, 2.75) is 20.8 Å². The molecule has 1 heterocycles. The minimum atomic E-state index is -1.21. The van der Waals surface area contributed by atoms with Gasteiger partial charge in [0.2, 0.25) is 5.90 Å². The zero-order chi connectivity index (χ0) is 10.9. The first-order valence-electron chi connectivity index (χ1n) is 4.06. The van der Waals surface area contributed by atoms with Crippen LogP contribution in [0.3, 0.4) is 0 Å². The van der Waals surface area contributed by atoms with E-state index in [1.807, 2.05) is 20.8 Å². The molecule has 0 aliphatic carbocycles. The SMILES string of the molecule is CC(C)(C)C1=N/C(=C/C(=O)O)C(=O)O1. The van der Waals surface area contributed by atoms with Crippen LogP contribution in [0, 0.1) is 5.41 Å². The van der Waals surface area contributed by atoms with E-state index in [1.54, 1.807) is 0 Å². The van der Waals surface area contributed by atoms with Crippen molar-refractivity contribution in [3.63, 3.8) is 0 Å². The Bertz CT molecular complexity index is 346. The molecule has 14 heavy (non-hydrogen) atoms. The Hall–Kier alpha value is -1.65. The van der Waals surface area contributed by atoms with Gasteiger partial charge >= 0.3 is 11.9 Å². The lowest BCUT2D eigenvalue weighted by atomic mass is 9.97. The summed E-state index contributed by atoms with van der Waals surface area (Å²) < 4.78 is 4.82. The van der Waals surface area contributed by atoms with Crippen molar-refractivity contribution in [3.8, 4) is 0 Å². The lowest BCUT2D eigenvalue weighted by Crippen LogP contribution is -2.21. The van der Waals surface area contributed by atoms with Crippen molar-refractivity contribution in [1.29, 1.82) is 0 Å². The number of hydrogen-bond acceptors (Lipinski definition) is 4. The fourth-order valence-corrected chi connectivity index (χ4v) is 0.847. The number of cyclic esters (lactones) is 1. The maximum absolute atomic E-state index is 11.1. The highest BCUT2D eigenvalue weighted by molar-refractivity contribution is 6.08. The van der Waals surface area contributed by atoms with Crippen molar-refractivity contribution < 1.29 is 19.4 Å². The summed E-state index contributed by atoms with van der Waals surface area (Å²) in [6.45, 7) is 5.47. The highest BCUT2D eigenvalue weighted by atomic mass is 16.6. The normalized spacial score (nSPS) is 19.5. The lowest BCUT2D eigenvalue weighted by molar-refractivity contribution is -0.133. The molecule has 1 rings (SSSR count). The first-order valence-corrected chi connectivity index (χ1v) is 4.06. The van der Waals surface area contributed by atoms with Crippen molar-refractivity contribution >= 4 is 17.8 Å². The number of esters is 1. The molecular weight excluding hydrogens is 186 g/mol. The highest BCUT2D eigenvalue weighted by Crippen LogP contribution is 2.24. The van der Waals surface area contributed by atoms with Gasteiger partial charge in [0.05, 0.1) is 6.08 Å². The second kappa shape index (κ2) is 3.25. The summed E-state index contributed by atoms with van der Waals surface area (Å²) in [7, 11) is 0. The third kappa shape index (κ3) is 2.18. The minimum Gasteiger partial charge on any atom is -0.478 e. The fourth-order valence-electron chi connectivity index (χ4n) is 0.847. The summed E-state index contributed by atoms with van der Waals surface area (Å²) in [5.41, 5.74) is -0.563. The van der Waals surface area contributed by atoms with Crippen LogP contribution in [0.4, 0.5) is 0 Å². The molecule has 0 amide bonds. The van der Waals surface area contributed by atoms with E-state index in [0.29, 0.717) is 0 Å². The minimum absolute atomic E-state index is 0.164. The molecule has 5 nitrogen and oxygen atoms in total. The molecule has 0 atom stereocenters. The van der Waals surface area contributed by atoms with Gasteiger partial charge in [0, 0.05) is 5.41 Å². The summed E-state index contributed by atoms with van der Waals surface area (Å²) in [5, 5.41) is 8.43. The predicted molar refractivity (Wildman–Crippen MR) is 48.7 cm³/mol. The van der Waals surface area contributed by atoms with Gasteiger partial charge in [-0.1, -0.05) is 20.8 Å². The van der Waals surface area contributed by atoms with E-state index < -0.39 is 17.4 Å². The first kappa shape index (κ1) is 10.4. The molecular formula is C9H11NO4. The van der Waals surface area contributed by atoms with Crippen LogP contribution < -0.4 is 0 Å². The van der Waals surface area contributed by atoms with Crippen LogP contribution >= 0.6 is 0 Å². The number of ether oxygens (including phenoxy) is 1. The van der Waals surface area contributed by atoms with E-state index in [0.717, 1.165) is 6.08 Å². The highest BCUT2D eigenvalue weighted by Gasteiger charge is 2.31. The summed E-state index contributed by atoms with van der Waals surface area (Å²) in [5.74, 6) is -1.68. The molecule has 1 aliphatic heterocycles. The second-order valence-electron chi connectivity index (χ2n) is 3.92. The van der Waals surface area contributed by atoms with E-state index in [4.69, 9.17) is 9.84 Å². The van der Waals surface area contributed by atoms with Gasteiger partial charge in [0.25, 0.3) is 0 Å².